The van der Waals surface area contributed by atoms with Crippen molar-refractivity contribution in [3.63, 3.8) is 0 Å². The van der Waals surface area contributed by atoms with Gasteiger partial charge in [0.1, 0.15) is 6.33 Å². The van der Waals surface area contributed by atoms with Gasteiger partial charge in [0.25, 0.3) is 0 Å². The Kier molecular flexibility index (Phi) is 1.50. The molecule has 0 atom stereocenters. The summed E-state index contributed by atoms with van der Waals surface area (Å²) in [5.74, 6) is 0. The maximum absolute atomic E-state index is 5.54. The number of fused-ring (bicyclic) bond motifs is 1. The number of hydrogen-bond acceptors (Lipinski definition) is 3. The lowest BCUT2D eigenvalue weighted by Gasteiger charge is -1.99. The zero-order chi connectivity index (χ0) is 8.55. The lowest BCUT2D eigenvalue weighted by molar-refractivity contribution is 1.16. The summed E-state index contributed by atoms with van der Waals surface area (Å²) in [5.41, 5.74) is 1.33. The third-order valence-electron chi connectivity index (χ3n) is 1.55. The van der Waals surface area contributed by atoms with Crippen molar-refractivity contribution in [1.82, 2.24) is 15.0 Å². The van der Waals surface area contributed by atoms with Gasteiger partial charge in [-0.05, 0) is 11.6 Å². The fourth-order valence-electron chi connectivity index (χ4n) is 0.949. The van der Waals surface area contributed by atoms with Gasteiger partial charge in [-0.25, -0.2) is 15.0 Å². The Balaban J connectivity index is 2.84. The van der Waals surface area contributed by atoms with Gasteiger partial charge < -0.3 is 0 Å². The monoisotopic (exact) mass is 155 g/mol. The van der Waals surface area contributed by atoms with Crippen LogP contribution in [0.4, 0.5) is 0 Å². The van der Waals surface area contributed by atoms with Gasteiger partial charge in [0.2, 0.25) is 0 Å². The summed E-state index contributed by atoms with van der Waals surface area (Å²) in [6.07, 6.45) is 3.07. The minimum atomic E-state index is 0.307. The van der Waals surface area contributed by atoms with Crippen molar-refractivity contribution < 1.29 is 0 Å². The van der Waals surface area contributed by atoms with E-state index in [-0.39, 0.29) is 0 Å². The molecule has 3 nitrogen and oxygen atoms in total. The van der Waals surface area contributed by atoms with Crippen LogP contribution in [0.15, 0.2) is 18.6 Å². The highest BCUT2D eigenvalue weighted by molar-refractivity contribution is 5.74. The van der Waals surface area contributed by atoms with E-state index in [1.54, 1.807) is 12.3 Å². The van der Waals surface area contributed by atoms with Gasteiger partial charge >= 0.3 is 0 Å². The van der Waals surface area contributed by atoms with E-state index in [9.17, 15) is 0 Å². The Morgan fingerprint density at radius 1 is 1.25 bits per heavy atom. The molecular formula is C9H5N3. The number of pyridine rings is 1. The molecule has 0 bridgehead atoms. The highest BCUT2D eigenvalue weighted by Gasteiger charge is 1.99. The van der Waals surface area contributed by atoms with Crippen LogP contribution < -0.4 is 0 Å². The summed E-state index contributed by atoms with van der Waals surface area (Å²) in [5, 5.41) is 0.796. The molecule has 0 aromatic carbocycles. The maximum atomic E-state index is 5.54. The molecule has 0 fully saturated rings. The third-order valence-corrected chi connectivity index (χ3v) is 1.55. The number of rotatable bonds is 0. The Morgan fingerprint density at radius 2 is 2.08 bits per heavy atom. The molecule has 4 radical (unpaired) electrons. The molecule has 56 valence electrons. The van der Waals surface area contributed by atoms with E-state index in [4.69, 9.17) is 13.8 Å². The molecule has 0 aliphatic heterocycles. The third kappa shape index (κ3) is 1.03. The van der Waals surface area contributed by atoms with Gasteiger partial charge in [-0.1, -0.05) is 0 Å². The van der Waals surface area contributed by atoms with E-state index < -0.39 is 0 Å². The van der Waals surface area contributed by atoms with Crippen LogP contribution in [0.25, 0.3) is 11.0 Å². The largest absolute Gasteiger partial charge is 0.244 e. The van der Waals surface area contributed by atoms with Crippen molar-refractivity contribution in [3.05, 3.63) is 43.7 Å². The lowest BCUT2D eigenvalue weighted by atomic mass is 10.2. The van der Waals surface area contributed by atoms with Crippen LogP contribution in [-0.2, 0) is 0 Å². The lowest BCUT2D eigenvalue weighted by Crippen LogP contribution is -1.90. The van der Waals surface area contributed by atoms with Gasteiger partial charge in [-0.15, -0.1) is 0 Å². The molecule has 0 saturated carbocycles. The Morgan fingerprint density at radius 3 is 2.92 bits per heavy atom. The summed E-state index contributed by atoms with van der Waals surface area (Å²) >= 11 is 0. The molecule has 12 heavy (non-hydrogen) atoms. The van der Waals surface area contributed by atoms with Crippen LogP contribution in [0.3, 0.4) is 0 Å². The van der Waals surface area contributed by atoms with E-state index in [1.807, 2.05) is 0 Å². The smallest absolute Gasteiger partial charge is 0.162 e. The molecule has 2 rings (SSSR count). The maximum Gasteiger partial charge on any atom is 0.162 e. The molecule has 2 aromatic heterocycles. The molecule has 0 aliphatic rings. The fourth-order valence-corrected chi connectivity index (χ4v) is 0.949. The van der Waals surface area contributed by atoms with Gasteiger partial charge in [0.15, 0.2) is 5.65 Å². The van der Waals surface area contributed by atoms with E-state index >= 15 is 0 Å². The van der Waals surface area contributed by atoms with Gasteiger partial charge in [-0.3, -0.25) is 0 Å². The summed E-state index contributed by atoms with van der Waals surface area (Å²) in [7, 11) is 0. The Hall–Kier alpha value is -1.51. The second-order valence-electron chi connectivity index (χ2n) is 2.40. The average molecular weight is 155 g/mol. The predicted molar refractivity (Wildman–Crippen MR) is 44.1 cm³/mol. The van der Waals surface area contributed by atoms with Gasteiger partial charge in [-0.2, -0.15) is 0 Å². The van der Waals surface area contributed by atoms with Crippen LogP contribution >= 0.6 is 0 Å². The Bertz CT molecular complexity index is 383. The van der Waals surface area contributed by atoms with E-state index in [1.165, 1.54) is 6.33 Å². The molecule has 0 unspecified atom stereocenters. The molecule has 2 heterocycles. The van der Waals surface area contributed by atoms with Crippen LogP contribution in [0.5, 0.6) is 0 Å². The fraction of sp³-hybridized carbons (Fsp3) is 0. The van der Waals surface area contributed by atoms with Crippen molar-refractivity contribution in [2.24, 2.45) is 0 Å². The van der Waals surface area contributed by atoms with Gasteiger partial charge in [0.05, 0.1) is 5.69 Å². The molecule has 0 spiro atoms. The minimum absolute atomic E-state index is 0.307. The molecular weight excluding hydrogens is 150 g/mol. The first-order chi connectivity index (χ1) is 5.77. The van der Waals surface area contributed by atoms with Crippen LogP contribution in [-0.4, -0.2) is 15.0 Å². The molecule has 3 heteroatoms. The standard InChI is InChI=1S/C9H5N3/c1-6-3-8-4-10-5-11-9(8)12-7(6)2/h1-5H. The van der Waals surface area contributed by atoms with Crippen molar-refractivity contribution in [1.29, 1.82) is 0 Å². The molecule has 0 aliphatic carbocycles. The quantitative estimate of drug-likeness (QED) is 0.572. The van der Waals surface area contributed by atoms with Crippen molar-refractivity contribution >= 4 is 11.0 Å². The first-order valence-electron chi connectivity index (χ1n) is 3.39. The van der Waals surface area contributed by atoms with Crippen LogP contribution in [0.2, 0.25) is 0 Å². The first kappa shape index (κ1) is 7.16. The second-order valence-corrected chi connectivity index (χ2v) is 2.40. The van der Waals surface area contributed by atoms with Crippen molar-refractivity contribution in [2.45, 2.75) is 0 Å². The zero-order valence-electron chi connectivity index (χ0n) is 6.23. The Labute approximate surface area is 70.5 Å². The summed E-state index contributed by atoms with van der Waals surface area (Å²) in [4.78, 5) is 11.7. The number of hydrogen-bond donors (Lipinski definition) is 0. The highest BCUT2D eigenvalue weighted by Crippen LogP contribution is 2.11. The first-order valence-corrected chi connectivity index (χ1v) is 3.39. The van der Waals surface area contributed by atoms with Crippen LogP contribution in [0.1, 0.15) is 11.3 Å². The van der Waals surface area contributed by atoms with Crippen molar-refractivity contribution in [2.75, 3.05) is 0 Å². The van der Waals surface area contributed by atoms with E-state index in [0.29, 0.717) is 16.9 Å². The van der Waals surface area contributed by atoms with E-state index in [0.717, 1.165) is 5.39 Å². The normalized spacial score (nSPS) is 10.5. The molecule has 0 saturated heterocycles. The molecule has 0 N–H and O–H groups in total. The summed E-state index contributed by atoms with van der Waals surface area (Å²) in [6.45, 7) is 11.0. The topological polar surface area (TPSA) is 38.7 Å². The number of nitrogens with zero attached hydrogens (tertiary/aromatic N) is 3. The zero-order valence-corrected chi connectivity index (χ0v) is 6.23. The minimum Gasteiger partial charge on any atom is -0.244 e. The molecule has 0 amide bonds. The van der Waals surface area contributed by atoms with Crippen LogP contribution in [0, 0.1) is 13.8 Å². The SMILES string of the molecule is [CH]c1cc2cncnc2nc1[CH]. The van der Waals surface area contributed by atoms with Gasteiger partial charge in [0, 0.05) is 25.4 Å². The average Bonchev–Trinajstić information content (AvgIpc) is 2.07. The van der Waals surface area contributed by atoms with E-state index in [2.05, 4.69) is 15.0 Å². The second kappa shape index (κ2) is 2.52. The summed E-state index contributed by atoms with van der Waals surface area (Å²) in [6, 6.07) is 1.71. The summed E-state index contributed by atoms with van der Waals surface area (Å²) < 4.78 is 0. The van der Waals surface area contributed by atoms with Crippen molar-refractivity contribution in [3.8, 4) is 0 Å². The number of aromatic nitrogens is 3. The molecule has 2 aromatic rings. The predicted octanol–water partition coefficient (Wildman–Crippen LogP) is 1.14. The highest BCUT2D eigenvalue weighted by atomic mass is 14.9.